The summed E-state index contributed by atoms with van der Waals surface area (Å²) in [6.45, 7) is 0.392. The van der Waals surface area contributed by atoms with Gasteiger partial charge in [0.25, 0.3) is 5.91 Å². The summed E-state index contributed by atoms with van der Waals surface area (Å²) in [6.07, 6.45) is 1.51. The number of halogens is 2. The predicted octanol–water partition coefficient (Wildman–Crippen LogP) is 4.28. The van der Waals surface area contributed by atoms with Gasteiger partial charge < -0.3 is 4.74 Å². The van der Waals surface area contributed by atoms with Gasteiger partial charge in [0.15, 0.2) is 0 Å². The maximum atomic E-state index is 12.5. The van der Waals surface area contributed by atoms with E-state index < -0.39 is 5.91 Å². The van der Waals surface area contributed by atoms with Gasteiger partial charge in [-0.25, -0.2) is 9.67 Å². The van der Waals surface area contributed by atoms with Crippen LogP contribution in [0.5, 0.6) is 5.75 Å². The van der Waals surface area contributed by atoms with Crippen LogP contribution >= 0.6 is 23.2 Å². The molecule has 0 aliphatic rings. The average molecular weight is 443 g/mol. The van der Waals surface area contributed by atoms with Crippen LogP contribution in [0.15, 0.2) is 54.9 Å². The molecule has 30 heavy (non-hydrogen) atoms. The quantitative estimate of drug-likeness (QED) is 0.464. The van der Waals surface area contributed by atoms with E-state index in [0.717, 1.165) is 11.1 Å². The van der Waals surface area contributed by atoms with Crippen molar-refractivity contribution in [3.05, 3.63) is 76.2 Å². The van der Waals surface area contributed by atoms with Crippen molar-refractivity contribution >= 4 is 35.1 Å². The number of ether oxygens (including phenoxy) is 1. The minimum atomic E-state index is -0.404. The molecule has 152 valence electrons. The summed E-state index contributed by atoms with van der Waals surface area (Å²) in [5, 5.41) is 14.9. The van der Waals surface area contributed by atoms with Gasteiger partial charge in [-0.3, -0.25) is 15.2 Å². The minimum Gasteiger partial charge on any atom is -0.497 e. The van der Waals surface area contributed by atoms with E-state index >= 15 is 0 Å². The number of aromatic nitrogens is 5. The topological polar surface area (TPSA) is 97.7 Å². The van der Waals surface area contributed by atoms with Crippen LogP contribution in [-0.2, 0) is 6.54 Å². The van der Waals surface area contributed by atoms with Gasteiger partial charge in [0.05, 0.1) is 19.3 Å². The Balaban J connectivity index is 1.44. The van der Waals surface area contributed by atoms with Gasteiger partial charge in [0, 0.05) is 15.6 Å². The summed E-state index contributed by atoms with van der Waals surface area (Å²) >= 11 is 12.1. The van der Waals surface area contributed by atoms with Crippen molar-refractivity contribution in [2.75, 3.05) is 12.4 Å². The fraction of sp³-hybridized carbons (Fsp3) is 0.100. The van der Waals surface area contributed by atoms with Crippen LogP contribution in [0, 0.1) is 0 Å². The SMILES string of the molecule is COc1cccc(-c2cc(C(=O)Nc3ncn(Cc4ccc(Cl)cc4Cl)n3)[nH]n2)c1. The van der Waals surface area contributed by atoms with Crippen LogP contribution in [0.4, 0.5) is 5.95 Å². The number of amides is 1. The molecule has 0 unspecified atom stereocenters. The standard InChI is InChI=1S/C20H16Cl2N6O2/c1-30-15-4-2-3-12(7-15)17-9-18(26-25-17)19(29)24-20-23-11-28(27-20)10-13-5-6-14(21)8-16(13)22/h2-9,11H,10H2,1H3,(H,25,26)(H,24,27,29). The number of methoxy groups -OCH3 is 1. The minimum absolute atomic E-state index is 0.169. The predicted molar refractivity (Wildman–Crippen MR) is 114 cm³/mol. The monoisotopic (exact) mass is 442 g/mol. The third-order valence-corrected chi connectivity index (χ3v) is 4.88. The summed E-state index contributed by atoms with van der Waals surface area (Å²) in [5.41, 5.74) is 2.56. The van der Waals surface area contributed by atoms with Crippen LogP contribution < -0.4 is 10.1 Å². The van der Waals surface area contributed by atoms with Crippen molar-refractivity contribution < 1.29 is 9.53 Å². The van der Waals surface area contributed by atoms with E-state index in [9.17, 15) is 4.79 Å². The highest BCUT2D eigenvalue weighted by atomic mass is 35.5. The van der Waals surface area contributed by atoms with E-state index in [0.29, 0.717) is 28.0 Å². The molecule has 0 aliphatic carbocycles. The van der Waals surface area contributed by atoms with Crippen LogP contribution in [0.1, 0.15) is 16.1 Å². The van der Waals surface area contributed by atoms with Gasteiger partial charge in [-0.15, -0.1) is 5.10 Å². The number of hydrogen-bond donors (Lipinski definition) is 2. The number of rotatable bonds is 6. The van der Waals surface area contributed by atoms with Gasteiger partial charge in [-0.05, 0) is 35.9 Å². The first-order valence-electron chi connectivity index (χ1n) is 8.86. The third-order valence-electron chi connectivity index (χ3n) is 4.30. The number of H-pyrrole nitrogens is 1. The first kappa shape index (κ1) is 19.9. The molecule has 0 radical (unpaired) electrons. The molecule has 0 saturated carbocycles. The van der Waals surface area contributed by atoms with E-state index in [4.69, 9.17) is 27.9 Å². The van der Waals surface area contributed by atoms with E-state index in [1.54, 1.807) is 30.0 Å². The Morgan fingerprint density at radius 1 is 1.20 bits per heavy atom. The molecule has 0 atom stereocenters. The molecule has 0 bridgehead atoms. The number of carbonyl (C=O) groups is 1. The lowest BCUT2D eigenvalue weighted by Gasteiger charge is -2.04. The number of nitrogens with one attached hydrogen (secondary N) is 2. The molecule has 8 nitrogen and oxygen atoms in total. The Bertz CT molecular complexity index is 1200. The zero-order valence-corrected chi connectivity index (χ0v) is 17.3. The first-order valence-corrected chi connectivity index (χ1v) is 9.62. The molecule has 0 saturated heterocycles. The summed E-state index contributed by atoms with van der Waals surface area (Å²) in [6, 6.07) is 14.3. The number of benzene rings is 2. The lowest BCUT2D eigenvalue weighted by Crippen LogP contribution is -2.14. The molecular formula is C20H16Cl2N6O2. The average Bonchev–Trinajstić information content (AvgIpc) is 3.40. The Labute approximate surface area is 181 Å². The molecule has 4 rings (SSSR count). The van der Waals surface area contributed by atoms with Crippen molar-refractivity contribution in [2.45, 2.75) is 6.54 Å². The van der Waals surface area contributed by atoms with Crippen molar-refractivity contribution in [3.63, 3.8) is 0 Å². The van der Waals surface area contributed by atoms with Gasteiger partial charge in [-0.1, -0.05) is 41.4 Å². The second-order valence-electron chi connectivity index (χ2n) is 6.35. The summed E-state index contributed by atoms with van der Waals surface area (Å²) < 4.78 is 6.79. The van der Waals surface area contributed by atoms with Gasteiger partial charge >= 0.3 is 0 Å². The molecule has 4 aromatic rings. The fourth-order valence-corrected chi connectivity index (χ4v) is 3.26. The first-order chi connectivity index (χ1) is 14.5. The Kier molecular flexibility index (Phi) is 5.69. The fourth-order valence-electron chi connectivity index (χ4n) is 2.79. The number of carbonyl (C=O) groups excluding carboxylic acids is 1. The van der Waals surface area contributed by atoms with Gasteiger partial charge in [0.1, 0.15) is 17.8 Å². The molecule has 2 aromatic carbocycles. The highest BCUT2D eigenvalue weighted by Crippen LogP contribution is 2.23. The summed E-state index contributed by atoms with van der Waals surface area (Å²) in [7, 11) is 1.59. The maximum Gasteiger partial charge on any atom is 0.276 e. The summed E-state index contributed by atoms with van der Waals surface area (Å²) in [4.78, 5) is 16.6. The molecule has 10 heteroatoms. The summed E-state index contributed by atoms with van der Waals surface area (Å²) in [5.74, 6) is 0.471. The number of aromatic amines is 1. The second-order valence-corrected chi connectivity index (χ2v) is 7.20. The molecule has 2 heterocycles. The highest BCUT2D eigenvalue weighted by molar-refractivity contribution is 6.35. The second kappa shape index (κ2) is 8.56. The third kappa shape index (κ3) is 4.45. The zero-order chi connectivity index (χ0) is 21.1. The molecule has 1 amide bonds. The lowest BCUT2D eigenvalue weighted by atomic mass is 10.1. The number of hydrogen-bond acceptors (Lipinski definition) is 5. The van der Waals surface area contributed by atoms with Crippen LogP contribution in [0.25, 0.3) is 11.3 Å². The maximum absolute atomic E-state index is 12.5. The van der Waals surface area contributed by atoms with E-state index in [2.05, 4.69) is 25.6 Å². The lowest BCUT2D eigenvalue weighted by molar-refractivity contribution is 0.102. The molecule has 2 aromatic heterocycles. The van der Waals surface area contributed by atoms with E-state index in [-0.39, 0.29) is 11.6 Å². The van der Waals surface area contributed by atoms with Crippen molar-refractivity contribution in [3.8, 4) is 17.0 Å². The normalized spacial score (nSPS) is 10.8. The highest BCUT2D eigenvalue weighted by Gasteiger charge is 2.14. The Morgan fingerprint density at radius 2 is 2.07 bits per heavy atom. The van der Waals surface area contributed by atoms with Crippen molar-refractivity contribution in [1.82, 2.24) is 25.0 Å². The van der Waals surface area contributed by atoms with Gasteiger partial charge in [0.2, 0.25) is 5.95 Å². The van der Waals surface area contributed by atoms with Crippen LogP contribution in [-0.4, -0.2) is 38.0 Å². The van der Waals surface area contributed by atoms with Crippen molar-refractivity contribution in [2.24, 2.45) is 0 Å². The van der Waals surface area contributed by atoms with E-state index in [1.165, 1.54) is 6.33 Å². The smallest absolute Gasteiger partial charge is 0.276 e. The molecule has 2 N–H and O–H groups in total. The molecular weight excluding hydrogens is 427 g/mol. The number of anilines is 1. The molecule has 0 spiro atoms. The zero-order valence-electron chi connectivity index (χ0n) is 15.8. The molecule has 0 aliphatic heterocycles. The number of nitrogens with zero attached hydrogens (tertiary/aromatic N) is 4. The van der Waals surface area contributed by atoms with E-state index in [1.807, 2.05) is 30.3 Å². The largest absolute Gasteiger partial charge is 0.497 e. The van der Waals surface area contributed by atoms with Crippen LogP contribution in [0.2, 0.25) is 10.0 Å². The Morgan fingerprint density at radius 3 is 2.87 bits per heavy atom. The van der Waals surface area contributed by atoms with Crippen molar-refractivity contribution in [1.29, 1.82) is 0 Å². The Hall–Kier alpha value is -3.36. The van der Waals surface area contributed by atoms with Crippen LogP contribution in [0.3, 0.4) is 0 Å². The molecule has 0 fully saturated rings. The van der Waals surface area contributed by atoms with Gasteiger partial charge in [-0.2, -0.15) is 5.10 Å².